The summed E-state index contributed by atoms with van der Waals surface area (Å²) < 4.78 is 0. The number of nitrogens with one attached hydrogen (secondary N) is 2. The van der Waals surface area contributed by atoms with E-state index >= 15 is 0 Å². The molecule has 0 saturated heterocycles. The zero-order valence-electron chi connectivity index (χ0n) is 14.4. The first-order valence-electron chi connectivity index (χ1n) is 8.51. The zero-order chi connectivity index (χ0) is 18.1. The fraction of sp³-hybridized carbons (Fsp3) is 0.300. The predicted molar refractivity (Wildman–Crippen MR) is 98.1 cm³/mol. The van der Waals surface area contributed by atoms with E-state index in [0.717, 1.165) is 17.5 Å². The number of aliphatic hydroxyl groups is 1. The number of hydrogen-bond donors (Lipinski definition) is 3. The molecule has 0 spiro atoms. The Kier molecular flexibility index (Phi) is 7.16. The molecule has 0 aliphatic rings. The minimum Gasteiger partial charge on any atom is -0.396 e. The molecular formula is C20H24N2O3. The SMILES string of the molecule is CCc1ccccc1NC(=O)C(=O)NC(CCCO)c1ccccc1. The number of rotatable bonds is 7. The number of hydrogen-bond acceptors (Lipinski definition) is 3. The summed E-state index contributed by atoms with van der Waals surface area (Å²) in [6.45, 7) is 2.03. The fourth-order valence-electron chi connectivity index (χ4n) is 2.66. The number of benzene rings is 2. The summed E-state index contributed by atoms with van der Waals surface area (Å²) in [7, 11) is 0. The summed E-state index contributed by atoms with van der Waals surface area (Å²) in [6, 6.07) is 16.5. The monoisotopic (exact) mass is 340 g/mol. The van der Waals surface area contributed by atoms with Gasteiger partial charge in [-0.3, -0.25) is 9.59 Å². The first-order chi connectivity index (χ1) is 12.2. The van der Waals surface area contributed by atoms with Gasteiger partial charge >= 0.3 is 11.8 Å². The van der Waals surface area contributed by atoms with Crippen molar-refractivity contribution in [1.82, 2.24) is 5.32 Å². The van der Waals surface area contributed by atoms with Gasteiger partial charge in [-0.1, -0.05) is 55.5 Å². The van der Waals surface area contributed by atoms with Crippen LogP contribution in [0.15, 0.2) is 54.6 Å². The maximum atomic E-state index is 12.3. The van der Waals surface area contributed by atoms with Gasteiger partial charge in [-0.05, 0) is 36.5 Å². The van der Waals surface area contributed by atoms with Gasteiger partial charge in [0.15, 0.2) is 0 Å². The molecule has 2 rings (SSSR count). The second-order valence-corrected chi connectivity index (χ2v) is 5.77. The Morgan fingerprint density at radius 2 is 1.68 bits per heavy atom. The molecule has 2 aromatic carbocycles. The van der Waals surface area contributed by atoms with Crippen molar-refractivity contribution in [3.8, 4) is 0 Å². The minimum atomic E-state index is -0.689. The van der Waals surface area contributed by atoms with E-state index in [0.29, 0.717) is 18.5 Å². The summed E-state index contributed by atoms with van der Waals surface area (Å²) >= 11 is 0. The van der Waals surface area contributed by atoms with E-state index < -0.39 is 11.8 Å². The quantitative estimate of drug-likeness (QED) is 0.678. The highest BCUT2D eigenvalue weighted by Gasteiger charge is 2.20. The van der Waals surface area contributed by atoms with Crippen LogP contribution in [0.2, 0.25) is 0 Å². The summed E-state index contributed by atoms with van der Waals surface area (Å²) in [4.78, 5) is 24.6. The standard InChI is InChI=1S/C20H24N2O3/c1-2-15-9-6-7-12-17(15)21-19(24)20(25)22-18(13-8-14-23)16-10-4-3-5-11-16/h3-7,9-12,18,23H,2,8,13-14H2,1H3,(H,21,24)(H,22,25). The smallest absolute Gasteiger partial charge is 0.313 e. The average molecular weight is 340 g/mol. The van der Waals surface area contributed by atoms with E-state index in [4.69, 9.17) is 5.11 Å². The van der Waals surface area contributed by atoms with E-state index in [1.807, 2.05) is 55.5 Å². The molecule has 2 amide bonds. The molecule has 1 unspecified atom stereocenters. The normalized spacial score (nSPS) is 11.6. The van der Waals surface area contributed by atoms with E-state index in [-0.39, 0.29) is 12.6 Å². The third kappa shape index (κ3) is 5.43. The molecule has 0 saturated carbocycles. The molecule has 1 atom stereocenters. The van der Waals surface area contributed by atoms with Crippen LogP contribution in [-0.4, -0.2) is 23.5 Å². The summed E-state index contributed by atoms with van der Waals surface area (Å²) in [5.74, 6) is -1.37. The number of anilines is 1. The molecule has 0 fully saturated rings. The van der Waals surface area contributed by atoms with Crippen molar-refractivity contribution < 1.29 is 14.7 Å². The number of carbonyl (C=O) groups excluding carboxylic acids is 2. The molecule has 132 valence electrons. The van der Waals surface area contributed by atoms with Gasteiger partial charge in [-0.15, -0.1) is 0 Å². The first-order valence-corrected chi connectivity index (χ1v) is 8.51. The lowest BCUT2D eigenvalue weighted by atomic mass is 10.0. The maximum absolute atomic E-state index is 12.3. The lowest BCUT2D eigenvalue weighted by molar-refractivity contribution is -0.136. The van der Waals surface area contributed by atoms with Crippen molar-refractivity contribution in [2.75, 3.05) is 11.9 Å². The van der Waals surface area contributed by atoms with Crippen molar-refractivity contribution in [2.24, 2.45) is 0 Å². The van der Waals surface area contributed by atoms with Gasteiger partial charge < -0.3 is 15.7 Å². The van der Waals surface area contributed by atoms with Crippen LogP contribution in [0.25, 0.3) is 0 Å². The Bertz CT molecular complexity index is 701. The first kappa shape index (κ1) is 18.7. The molecule has 0 radical (unpaired) electrons. The van der Waals surface area contributed by atoms with E-state index in [9.17, 15) is 9.59 Å². The summed E-state index contributed by atoms with van der Waals surface area (Å²) in [5.41, 5.74) is 2.53. The fourth-order valence-corrected chi connectivity index (χ4v) is 2.66. The van der Waals surface area contributed by atoms with Gasteiger partial charge in [0.05, 0.1) is 6.04 Å². The lowest BCUT2D eigenvalue weighted by Crippen LogP contribution is -2.38. The maximum Gasteiger partial charge on any atom is 0.313 e. The van der Waals surface area contributed by atoms with E-state index in [2.05, 4.69) is 10.6 Å². The van der Waals surface area contributed by atoms with Crippen molar-refractivity contribution in [3.63, 3.8) is 0 Å². The number of carbonyl (C=O) groups is 2. The number of aliphatic hydroxyl groups excluding tert-OH is 1. The van der Waals surface area contributed by atoms with Gasteiger partial charge in [-0.2, -0.15) is 0 Å². The van der Waals surface area contributed by atoms with Crippen molar-refractivity contribution in [1.29, 1.82) is 0 Å². The Balaban J connectivity index is 2.05. The molecule has 2 aromatic rings. The Hall–Kier alpha value is -2.66. The predicted octanol–water partition coefficient (Wildman–Crippen LogP) is 2.82. The topological polar surface area (TPSA) is 78.4 Å². The van der Waals surface area contributed by atoms with E-state index in [1.54, 1.807) is 6.07 Å². The highest BCUT2D eigenvalue weighted by molar-refractivity contribution is 6.39. The second-order valence-electron chi connectivity index (χ2n) is 5.77. The van der Waals surface area contributed by atoms with Gasteiger partial charge in [-0.25, -0.2) is 0 Å². The molecule has 0 heterocycles. The molecule has 0 aliphatic heterocycles. The number of amides is 2. The molecule has 5 nitrogen and oxygen atoms in total. The molecule has 0 aromatic heterocycles. The Morgan fingerprint density at radius 1 is 1.00 bits per heavy atom. The van der Waals surface area contributed by atoms with Crippen LogP contribution in [0.4, 0.5) is 5.69 Å². The van der Waals surface area contributed by atoms with Crippen LogP contribution >= 0.6 is 0 Å². The van der Waals surface area contributed by atoms with Crippen LogP contribution in [0.5, 0.6) is 0 Å². The number of aryl methyl sites for hydroxylation is 1. The third-order valence-electron chi connectivity index (χ3n) is 4.01. The molecule has 0 aliphatic carbocycles. The van der Waals surface area contributed by atoms with Crippen LogP contribution in [0.3, 0.4) is 0 Å². The zero-order valence-corrected chi connectivity index (χ0v) is 14.4. The highest BCUT2D eigenvalue weighted by Crippen LogP contribution is 2.19. The summed E-state index contributed by atoms with van der Waals surface area (Å²) in [5, 5.41) is 14.5. The molecule has 3 N–H and O–H groups in total. The van der Waals surface area contributed by atoms with E-state index in [1.165, 1.54) is 0 Å². The molecule has 0 bridgehead atoms. The Morgan fingerprint density at radius 3 is 2.36 bits per heavy atom. The highest BCUT2D eigenvalue weighted by atomic mass is 16.3. The second kappa shape index (κ2) is 9.59. The summed E-state index contributed by atoms with van der Waals surface area (Å²) in [6.07, 6.45) is 1.87. The van der Waals surface area contributed by atoms with Crippen molar-refractivity contribution in [2.45, 2.75) is 32.2 Å². The van der Waals surface area contributed by atoms with Crippen molar-refractivity contribution in [3.05, 3.63) is 65.7 Å². The van der Waals surface area contributed by atoms with Crippen LogP contribution in [-0.2, 0) is 16.0 Å². The molecule has 25 heavy (non-hydrogen) atoms. The largest absolute Gasteiger partial charge is 0.396 e. The lowest BCUT2D eigenvalue weighted by Gasteiger charge is -2.19. The van der Waals surface area contributed by atoms with Crippen LogP contribution in [0.1, 0.15) is 36.9 Å². The van der Waals surface area contributed by atoms with Gasteiger partial charge in [0, 0.05) is 12.3 Å². The van der Waals surface area contributed by atoms with Gasteiger partial charge in [0.1, 0.15) is 0 Å². The number of para-hydroxylation sites is 1. The van der Waals surface area contributed by atoms with Gasteiger partial charge in [0.25, 0.3) is 0 Å². The molecular weight excluding hydrogens is 316 g/mol. The average Bonchev–Trinajstić information content (AvgIpc) is 2.66. The van der Waals surface area contributed by atoms with Crippen LogP contribution in [0, 0.1) is 0 Å². The molecule has 5 heteroatoms. The van der Waals surface area contributed by atoms with Crippen LogP contribution < -0.4 is 10.6 Å². The third-order valence-corrected chi connectivity index (χ3v) is 4.01. The Labute approximate surface area is 148 Å². The van der Waals surface area contributed by atoms with Crippen molar-refractivity contribution >= 4 is 17.5 Å². The minimum absolute atomic E-state index is 0.0370. The van der Waals surface area contributed by atoms with Gasteiger partial charge in [0.2, 0.25) is 0 Å².